The molecular weight excluding hydrogens is 566 g/mol. The lowest BCUT2D eigenvalue weighted by molar-refractivity contribution is 0.00873. The van der Waals surface area contributed by atoms with Crippen molar-refractivity contribution in [3.05, 3.63) is 102 Å². The molecule has 45 heavy (non-hydrogen) atoms. The molecular formula is C36H41N5O4. The summed E-state index contributed by atoms with van der Waals surface area (Å²) in [6, 6.07) is 28.6. The average Bonchev–Trinajstić information content (AvgIpc) is 3.03. The minimum Gasteiger partial charge on any atom is -0.473 e. The van der Waals surface area contributed by atoms with Crippen LogP contribution in [0.3, 0.4) is 0 Å². The predicted molar refractivity (Wildman–Crippen MR) is 174 cm³/mol. The number of rotatable bonds is 9. The minimum atomic E-state index is -0.473. The van der Waals surface area contributed by atoms with Crippen LogP contribution in [-0.4, -0.2) is 76.8 Å². The molecule has 234 valence electrons. The highest BCUT2D eigenvalue weighted by Gasteiger charge is 2.35. The van der Waals surface area contributed by atoms with Crippen molar-refractivity contribution in [1.29, 1.82) is 0 Å². The zero-order valence-electron chi connectivity index (χ0n) is 26.3. The van der Waals surface area contributed by atoms with Gasteiger partial charge in [0.25, 0.3) is 0 Å². The molecule has 4 aromatic rings. The summed E-state index contributed by atoms with van der Waals surface area (Å²) >= 11 is 0. The van der Waals surface area contributed by atoms with E-state index in [4.69, 9.17) is 24.2 Å². The number of carbonyl (C=O) groups excluding carboxylic acids is 1. The monoisotopic (exact) mass is 607 g/mol. The molecule has 9 heteroatoms. The molecule has 2 fully saturated rings. The maximum absolute atomic E-state index is 12.4. The van der Waals surface area contributed by atoms with Gasteiger partial charge < -0.3 is 24.0 Å². The summed E-state index contributed by atoms with van der Waals surface area (Å²) in [6.07, 6.45) is 1.67. The summed E-state index contributed by atoms with van der Waals surface area (Å²) in [5, 5.41) is 0. The van der Waals surface area contributed by atoms with Crippen molar-refractivity contribution in [3.8, 4) is 22.9 Å². The van der Waals surface area contributed by atoms with Gasteiger partial charge in [0, 0.05) is 68.7 Å². The molecule has 0 spiro atoms. The number of carbonyl (C=O) groups is 1. The number of amides is 1. The number of ether oxygens (including phenoxy) is 3. The van der Waals surface area contributed by atoms with Gasteiger partial charge in [-0.15, -0.1) is 0 Å². The van der Waals surface area contributed by atoms with Gasteiger partial charge in [-0.25, -0.2) is 9.78 Å². The molecule has 0 saturated carbocycles. The molecule has 4 heterocycles. The van der Waals surface area contributed by atoms with Gasteiger partial charge >= 0.3 is 6.09 Å². The van der Waals surface area contributed by atoms with Crippen molar-refractivity contribution in [2.45, 2.75) is 45.6 Å². The molecule has 0 radical (unpaired) electrons. The molecule has 2 aromatic heterocycles. The van der Waals surface area contributed by atoms with Crippen LogP contribution in [0.25, 0.3) is 11.1 Å². The number of piperazine rings is 1. The number of benzene rings is 2. The van der Waals surface area contributed by atoms with Gasteiger partial charge in [-0.05, 0) is 50.1 Å². The smallest absolute Gasteiger partial charge is 0.410 e. The second-order valence-electron chi connectivity index (χ2n) is 12.5. The minimum absolute atomic E-state index is 0.222. The number of nitrogens with zero attached hydrogens (tertiary/aromatic N) is 5. The van der Waals surface area contributed by atoms with Crippen LogP contribution in [0.5, 0.6) is 11.8 Å². The van der Waals surface area contributed by atoms with Crippen LogP contribution in [0.2, 0.25) is 0 Å². The predicted octanol–water partition coefficient (Wildman–Crippen LogP) is 6.04. The molecule has 0 aliphatic carbocycles. The quantitative estimate of drug-likeness (QED) is 0.228. The van der Waals surface area contributed by atoms with Crippen LogP contribution in [-0.2, 0) is 18.0 Å². The van der Waals surface area contributed by atoms with E-state index in [1.807, 2.05) is 105 Å². The van der Waals surface area contributed by atoms with Crippen LogP contribution >= 0.6 is 0 Å². The topological polar surface area (TPSA) is 80.3 Å². The average molecular weight is 608 g/mol. The summed E-state index contributed by atoms with van der Waals surface area (Å²) < 4.78 is 17.8. The summed E-state index contributed by atoms with van der Waals surface area (Å²) in [4.78, 5) is 28.5. The van der Waals surface area contributed by atoms with Crippen molar-refractivity contribution >= 4 is 11.9 Å². The normalized spacial score (nSPS) is 15.8. The third-order valence-corrected chi connectivity index (χ3v) is 8.01. The molecule has 0 bridgehead atoms. The summed E-state index contributed by atoms with van der Waals surface area (Å²) in [5.41, 5.74) is 3.46. The van der Waals surface area contributed by atoms with Gasteiger partial charge in [0.1, 0.15) is 24.6 Å². The Morgan fingerprint density at radius 1 is 0.800 bits per heavy atom. The summed E-state index contributed by atoms with van der Waals surface area (Å²) in [7, 11) is 0. The zero-order chi connectivity index (χ0) is 31.2. The molecule has 0 N–H and O–H groups in total. The number of pyridine rings is 2. The fraction of sp³-hybridized carbons (Fsp3) is 0.361. The first-order valence-electron chi connectivity index (χ1n) is 15.6. The van der Waals surface area contributed by atoms with Gasteiger partial charge in [-0.1, -0.05) is 60.7 Å². The van der Waals surface area contributed by atoms with Gasteiger partial charge in [-0.3, -0.25) is 4.90 Å². The molecule has 0 unspecified atom stereocenters. The van der Waals surface area contributed by atoms with E-state index in [-0.39, 0.29) is 6.09 Å². The Hall–Kier alpha value is -4.63. The Balaban J connectivity index is 1.07. The van der Waals surface area contributed by atoms with E-state index in [1.54, 1.807) is 0 Å². The van der Waals surface area contributed by atoms with E-state index < -0.39 is 5.60 Å². The Morgan fingerprint density at radius 2 is 1.44 bits per heavy atom. The Morgan fingerprint density at radius 3 is 2.04 bits per heavy atom. The second-order valence-corrected chi connectivity index (χ2v) is 12.5. The standard InChI is InChI=1S/C36H41N5O4/c1-36(2,3)45-35(42)40-20-18-39(19-21-40)30-23-41(24-30)32-16-14-29(22-37-32)31-15-17-33(43-25-27-10-6-4-7-11-27)38-34(31)44-26-28-12-8-5-9-13-28/h4-17,22,30H,18-21,23-26H2,1-3H3. The van der Waals surface area contributed by atoms with Crippen molar-refractivity contribution in [2.24, 2.45) is 0 Å². The number of hydrogen-bond acceptors (Lipinski definition) is 8. The molecule has 9 nitrogen and oxygen atoms in total. The molecule has 2 saturated heterocycles. The van der Waals surface area contributed by atoms with E-state index in [0.29, 0.717) is 44.1 Å². The molecule has 0 atom stereocenters. The third kappa shape index (κ3) is 7.91. The first kappa shape index (κ1) is 30.4. The van der Waals surface area contributed by atoms with Crippen molar-refractivity contribution in [3.63, 3.8) is 0 Å². The number of anilines is 1. The van der Waals surface area contributed by atoms with Gasteiger partial charge in [-0.2, -0.15) is 4.98 Å². The maximum Gasteiger partial charge on any atom is 0.410 e. The van der Waals surface area contributed by atoms with Crippen LogP contribution < -0.4 is 14.4 Å². The van der Waals surface area contributed by atoms with Crippen LogP contribution in [0.15, 0.2) is 91.1 Å². The van der Waals surface area contributed by atoms with Crippen LogP contribution in [0, 0.1) is 0 Å². The first-order chi connectivity index (χ1) is 21.8. The highest BCUT2D eigenvalue weighted by atomic mass is 16.6. The Bertz CT molecular complexity index is 1550. The molecule has 1 amide bonds. The Kier molecular flexibility index (Phi) is 9.16. The molecule has 2 aliphatic rings. The largest absolute Gasteiger partial charge is 0.473 e. The number of hydrogen-bond donors (Lipinski definition) is 0. The number of aromatic nitrogens is 2. The van der Waals surface area contributed by atoms with Gasteiger partial charge in [0.2, 0.25) is 11.8 Å². The second kappa shape index (κ2) is 13.6. The lowest BCUT2D eigenvalue weighted by Crippen LogP contribution is -2.63. The van der Waals surface area contributed by atoms with E-state index in [9.17, 15) is 4.79 Å². The lowest BCUT2D eigenvalue weighted by atomic mass is 10.1. The first-order valence-corrected chi connectivity index (χ1v) is 15.6. The van der Waals surface area contributed by atoms with Crippen molar-refractivity contribution in [2.75, 3.05) is 44.2 Å². The molecule has 2 aromatic carbocycles. The van der Waals surface area contributed by atoms with E-state index in [0.717, 1.165) is 54.3 Å². The van der Waals surface area contributed by atoms with E-state index in [2.05, 4.69) is 21.9 Å². The van der Waals surface area contributed by atoms with Gasteiger partial charge in [0.15, 0.2) is 0 Å². The highest BCUT2D eigenvalue weighted by molar-refractivity contribution is 5.70. The molecule has 2 aliphatic heterocycles. The van der Waals surface area contributed by atoms with Crippen molar-refractivity contribution < 1.29 is 19.0 Å². The lowest BCUT2D eigenvalue weighted by Gasteiger charge is -2.48. The SMILES string of the molecule is CC(C)(C)OC(=O)N1CCN(C2CN(c3ccc(-c4ccc(OCc5ccccc5)nc4OCc4ccccc4)cn3)C2)CC1. The maximum atomic E-state index is 12.4. The van der Waals surface area contributed by atoms with E-state index in [1.165, 1.54) is 0 Å². The summed E-state index contributed by atoms with van der Waals surface area (Å²) in [5.74, 6) is 1.97. The van der Waals surface area contributed by atoms with Crippen LogP contribution in [0.1, 0.15) is 31.9 Å². The van der Waals surface area contributed by atoms with Crippen molar-refractivity contribution in [1.82, 2.24) is 19.8 Å². The molecule has 6 rings (SSSR count). The van der Waals surface area contributed by atoms with E-state index >= 15 is 0 Å². The third-order valence-electron chi connectivity index (χ3n) is 8.01. The van der Waals surface area contributed by atoms with Gasteiger partial charge in [0.05, 0.1) is 0 Å². The summed E-state index contributed by atoms with van der Waals surface area (Å²) in [6.45, 7) is 11.5. The zero-order valence-corrected chi connectivity index (χ0v) is 26.3. The fourth-order valence-corrected chi connectivity index (χ4v) is 5.49. The fourth-order valence-electron chi connectivity index (χ4n) is 5.49. The highest BCUT2D eigenvalue weighted by Crippen LogP contribution is 2.33. The van der Waals surface area contributed by atoms with Crippen LogP contribution in [0.4, 0.5) is 10.6 Å². The Labute approximate surface area is 265 Å².